The lowest BCUT2D eigenvalue weighted by atomic mass is 10.1. The Morgan fingerprint density at radius 3 is 2.75 bits per heavy atom. The number of nitrogens with one attached hydrogen (secondary N) is 1. The molecule has 0 saturated carbocycles. The number of likely N-dealkylation sites (tertiary alicyclic amines) is 1. The van der Waals surface area contributed by atoms with Gasteiger partial charge in [0.05, 0.1) is 11.8 Å². The van der Waals surface area contributed by atoms with E-state index in [1.165, 1.54) is 0 Å². The Kier molecular flexibility index (Phi) is 4.82. The highest BCUT2D eigenvalue weighted by Crippen LogP contribution is 2.20. The molecule has 1 aromatic rings. The zero-order chi connectivity index (χ0) is 14.8. The van der Waals surface area contributed by atoms with E-state index in [1.807, 2.05) is 18.2 Å². The molecule has 1 N–H and O–H groups in total. The van der Waals surface area contributed by atoms with Crippen molar-refractivity contribution in [3.05, 3.63) is 34.3 Å². The summed E-state index contributed by atoms with van der Waals surface area (Å²) in [6.07, 6.45) is 2.69. The molecule has 1 fully saturated rings. The van der Waals surface area contributed by atoms with Crippen molar-refractivity contribution in [3.63, 3.8) is 0 Å². The largest absolute Gasteiger partial charge is 0.337 e. The molecular formula is C13H17BrN2O3S. The minimum absolute atomic E-state index is 0.0718. The molecule has 20 heavy (non-hydrogen) atoms. The molecule has 1 aliphatic heterocycles. The van der Waals surface area contributed by atoms with Crippen LogP contribution in [0.3, 0.4) is 0 Å². The van der Waals surface area contributed by atoms with Gasteiger partial charge in [0.15, 0.2) is 0 Å². The molecule has 2 rings (SSSR count). The Morgan fingerprint density at radius 2 is 2.10 bits per heavy atom. The van der Waals surface area contributed by atoms with Gasteiger partial charge in [0, 0.05) is 23.6 Å². The number of hydrogen-bond donors (Lipinski definition) is 1. The average Bonchev–Trinajstić information content (AvgIpc) is 2.37. The fourth-order valence-electron chi connectivity index (χ4n) is 2.37. The summed E-state index contributed by atoms with van der Waals surface area (Å²) in [5, 5.41) is 0. The summed E-state index contributed by atoms with van der Waals surface area (Å²) in [6, 6.07) is 7.05. The summed E-state index contributed by atoms with van der Waals surface area (Å²) in [4.78, 5) is 14.2. The predicted octanol–water partition coefficient (Wildman–Crippen LogP) is 1.60. The van der Waals surface area contributed by atoms with Crippen LogP contribution in [0.5, 0.6) is 0 Å². The second kappa shape index (κ2) is 6.24. The second-order valence-corrected chi connectivity index (χ2v) is 7.59. The minimum atomic E-state index is -3.24. The molecule has 7 heteroatoms. The van der Waals surface area contributed by atoms with Crippen molar-refractivity contribution < 1.29 is 13.2 Å². The zero-order valence-corrected chi connectivity index (χ0v) is 13.6. The lowest BCUT2D eigenvalue weighted by Crippen LogP contribution is -2.49. The summed E-state index contributed by atoms with van der Waals surface area (Å²) in [5.74, 6) is -0.0718. The first kappa shape index (κ1) is 15.5. The number of piperidine rings is 1. The van der Waals surface area contributed by atoms with Crippen LogP contribution in [-0.2, 0) is 10.0 Å². The van der Waals surface area contributed by atoms with Gasteiger partial charge in [0.25, 0.3) is 5.91 Å². The summed E-state index contributed by atoms with van der Waals surface area (Å²) in [7, 11) is -3.24. The summed E-state index contributed by atoms with van der Waals surface area (Å²) < 4.78 is 25.9. The van der Waals surface area contributed by atoms with Crippen molar-refractivity contribution in [2.45, 2.75) is 18.9 Å². The highest BCUT2D eigenvalue weighted by molar-refractivity contribution is 9.10. The van der Waals surface area contributed by atoms with Crippen molar-refractivity contribution in [1.82, 2.24) is 9.62 Å². The molecule has 5 nitrogen and oxygen atoms in total. The van der Waals surface area contributed by atoms with Crippen LogP contribution in [-0.4, -0.2) is 44.6 Å². The van der Waals surface area contributed by atoms with Crippen LogP contribution in [0.15, 0.2) is 28.7 Å². The van der Waals surface area contributed by atoms with E-state index in [4.69, 9.17) is 0 Å². The van der Waals surface area contributed by atoms with Gasteiger partial charge in [0.2, 0.25) is 10.0 Å². The first-order chi connectivity index (χ1) is 9.37. The van der Waals surface area contributed by atoms with E-state index >= 15 is 0 Å². The quantitative estimate of drug-likeness (QED) is 0.890. The number of hydrogen-bond acceptors (Lipinski definition) is 3. The Bertz CT molecular complexity index is 603. The number of nitrogens with zero attached hydrogens (tertiary/aromatic N) is 1. The molecule has 0 bridgehead atoms. The SMILES string of the molecule is CS(=O)(=O)NC1CCCN(C(=O)c2ccccc2Br)C1. The number of carbonyl (C=O) groups excluding carboxylic acids is 1. The standard InChI is InChI=1S/C13H17BrN2O3S/c1-20(18,19)15-10-5-4-8-16(9-10)13(17)11-6-2-3-7-12(11)14/h2-3,6-7,10,15H,4-5,8-9H2,1H3. The second-order valence-electron chi connectivity index (χ2n) is 4.96. The molecule has 0 spiro atoms. The van der Waals surface area contributed by atoms with Crippen LogP contribution in [0.4, 0.5) is 0 Å². The molecule has 1 saturated heterocycles. The maximum Gasteiger partial charge on any atom is 0.255 e. The molecule has 1 unspecified atom stereocenters. The van der Waals surface area contributed by atoms with Crippen molar-refractivity contribution in [2.75, 3.05) is 19.3 Å². The highest BCUT2D eigenvalue weighted by Gasteiger charge is 2.26. The van der Waals surface area contributed by atoms with Gasteiger partial charge in [-0.25, -0.2) is 13.1 Å². The van der Waals surface area contributed by atoms with Crippen molar-refractivity contribution in [1.29, 1.82) is 0 Å². The van der Waals surface area contributed by atoms with E-state index in [2.05, 4.69) is 20.7 Å². The lowest BCUT2D eigenvalue weighted by molar-refractivity contribution is 0.0702. The van der Waals surface area contributed by atoms with E-state index in [0.717, 1.165) is 23.6 Å². The van der Waals surface area contributed by atoms with Crippen LogP contribution >= 0.6 is 15.9 Å². The zero-order valence-electron chi connectivity index (χ0n) is 11.2. The minimum Gasteiger partial charge on any atom is -0.337 e. The molecule has 110 valence electrons. The number of carbonyl (C=O) groups is 1. The molecule has 1 atom stereocenters. The molecular weight excluding hydrogens is 344 g/mol. The van der Waals surface area contributed by atoms with Crippen molar-refractivity contribution in [3.8, 4) is 0 Å². The van der Waals surface area contributed by atoms with E-state index in [0.29, 0.717) is 18.7 Å². The Labute approximate surface area is 127 Å². The molecule has 1 aromatic carbocycles. The predicted molar refractivity (Wildman–Crippen MR) is 81.0 cm³/mol. The number of amides is 1. The summed E-state index contributed by atoms with van der Waals surface area (Å²) in [6.45, 7) is 1.06. The number of benzene rings is 1. The Hall–Kier alpha value is -0.920. The molecule has 1 aliphatic rings. The molecule has 1 amide bonds. The van der Waals surface area contributed by atoms with Crippen LogP contribution in [0.1, 0.15) is 23.2 Å². The summed E-state index contributed by atoms with van der Waals surface area (Å²) in [5.41, 5.74) is 0.604. The van der Waals surface area contributed by atoms with Gasteiger partial charge in [-0.15, -0.1) is 0 Å². The first-order valence-corrected chi connectivity index (χ1v) is 9.06. The maximum absolute atomic E-state index is 12.5. The van der Waals surface area contributed by atoms with Crippen LogP contribution < -0.4 is 4.72 Å². The van der Waals surface area contributed by atoms with Gasteiger partial charge in [-0.05, 0) is 40.9 Å². The third kappa shape index (κ3) is 4.04. The number of halogens is 1. The maximum atomic E-state index is 12.5. The van der Waals surface area contributed by atoms with Gasteiger partial charge in [-0.1, -0.05) is 12.1 Å². The molecule has 0 aromatic heterocycles. The molecule has 1 heterocycles. The van der Waals surface area contributed by atoms with E-state index in [-0.39, 0.29) is 11.9 Å². The third-order valence-corrected chi connectivity index (χ3v) is 4.65. The Balaban J connectivity index is 2.09. The van der Waals surface area contributed by atoms with Crippen molar-refractivity contribution >= 4 is 31.9 Å². The Morgan fingerprint density at radius 1 is 1.40 bits per heavy atom. The number of sulfonamides is 1. The van der Waals surface area contributed by atoms with E-state index < -0.39 is 10.0 Å². The van der Waals surface area contributed by atoms with Gasteiger partial charge in [-0.2, -0.15) is 0 Å². The number of rotatable bonds is 3. The fraction of sp³-hybridized carbons (Fsp3) is 0.462. The van der Waals surface area contributed by atoms with Gasteiger partial charge in [-0.3, -0.25) is 4.79 Å². The highest BCUT2D eigenvalue weighted by atomic mass is 79.9. The van der Waals surface area contributed by atoms with E-state index in [1.54, 1.807) is 11.0 Å². The van der Waals surface area contributed by atoms with Crippen LogP contribution in [0, 0.1) is 0 Å². The van der Waals surface area contributed by atoms with Crippen LogP contribution in [0.2, 0.25) is 0 Å². The van der Waals surface area contributed by atoms with Gasteiger partial charge >= 0.3 is 0 Å². The normalized spacial score (nSPS) is 19.9. The molecule has 0 radical (unpaired) electrons. The van der Waals surface area contributed by atoms with Gasteiger partial charge < -0.3 is 4.90 Å². The summed E-state index contributed by atoms with van der Waals surface area (Å²) >= 11 is 3.37. The monoisotopic (exact) mass is 360 g/mol. The van der Waals surface area contributed by atoms with Gasteiger partial charge in [0.1, 0.15) is 0 Å². The fourth-order valence-corrected chi connectivity index (χ4v) is 3.62. The van der Waals surface area contributed by atoms with Crippen molar-refractivity contribution in [2.24, 2.45) is 0 Å². The lowest BCUT2D eigenvalue weighted by Gasteiger charge is -2.33. The third-order valence-electron chi connectivity index (χ3n) is 3.19. The smallest absolute Gasteiger partial charge is 0.255 e. The van der Waals surface area contributed by atoms with E-state index in [9.17, 15) is 13.2 Å². The molecule has 0 aliphatic carbocycles. The topological polar surface area (TPSA) is 66.5 Å². The first-order valence-electron chi connectivity index (χ1n) is 6.38. The average molecular weight is 361 g/mol. The van der Waals surface area contributed by atoms with Crippen LogP contribution in [0.25, 0.3) is 0 Å².